The molecule has 3 N–H and O–H groups in total. The van der Waals surface area contributed by atoms with Gasteiger partial charge in [0.05, 0.1) is 19.8 Å². The minimum absolute atomic E-state index is 0.127. The second-order valence-electron chi connectivity index (χ2n) is 10.7. The molecule has 0 radical (unpaired) electrons. The van der Waals surface area contributed by atoms with E-state index in [-0.39, 0.29) is 12.5 Å². The maximum absolute atomic E-state index is 12.6. The highest BCUT2D eigenvalue weighted by molar-refractivity contribution is 7.46. The van der Waals surface area contributed by atoms with Gasteiger partial charge in [-0.3, -0.25) is 9.32 Å². The summed E-state index contributed by atoms with van der Waals surface area (Å²) in [5.74, 6) is 0.665. The quantitative estimate of drug-likeness (QED) is 0.0729. The number of phosphoric acid groups is 1. The first-order valence-corrected chi connectivity index (χ1v) is 16.7. The summed E-state index contributed by atoms with van der Waals surface area (Å²) in [6.07, 6.45) is 19.6. The number of carbonyl (C=O) groups excluding carboxylic acids is 1. The van der Waals surface area contributed by atoms with Crippen LogP contribution in [0.4, 0.5) is 0 Å². The van der Waals surface area contributed by atoms with E-state index in [9.17, 15) is 19.1 Å². The van der Waals surface area contributed by atoms with E-state index >= 15 is 0 Å². The van der Waals surface area contributed by atoms with Gasteiger partial charge >= 0.3 is 7.82 Å². The summed E-state index contributed by atoms with van der Waals surface area (Å²) >= 11 is 0. The largest absolute Gasteiger partial charge is 0.497 e. The molecule has 1 amide bonds. The zero-order chi connectivity index (χ0) is 29.8. The van der Waals surface area contributed by atoms with Gasteiger partial charge in [0.1, 0.15) is 5.75 Å². The van der Waals surface area contributed by atoms with Gasteiger partial charge in [-0.2, -0.15) is 0 Å². The summed E-state index contributed by atoms with van der Waals surface area (Å²) in [7, 11) is -3.01. The molecular weight excluding hydrogens is 537 g/mol. The molecule has 2 aromatic rings. The Labute approximate surface area is 247 Å². The summed E-state index contributed by atoms with van der Waals surface area (Å²) in [5, 5.41) is 2.91. The number of hydrogen-bond acceptors (Lipinski definition) is 4. The van der Waals surface area contributed by atoms with Gasteiger partial charge in [0, 0.05) is 6.42 Å². The molecule has 0 spiro atoms. The Morgan fingerprint density at radius 3 is 1.93 bits per heavy atom. The van der Waals surface area contributed by atoms with Crippen LogP contribution in [0.15, 0.2) is 60.7 Å². The van der Waals surface area contributed by atoms with Crippen LogP contribution in [0.5, 0.6) is 5.75 Å². The Balaban J connectivity index is 1.71. The average Bonchev–Trinajstić information content (AvgIpc) is 2.96. The lowest BCUT2D eigenvalue weighted by atomic mass is 10.0. The van der Waals surface area contributed by atoms with Crippen LogP contribution < -0.4 is 10.1 Å². The van der Waals surface area contributed by atoms with Gasteiger partial charge in [0.25, 0.3) is 0 Å². The number of benzene rings is 2. The SMILES string of the molecule is CCCCCCCC/C=C\CCCCCCC(=O)N[C@H](COP(=O)(O)O)Cc1ccc(-c2ccc(OC)cc2)cc1. The third kappa shape index (κ3) is 16.6. The van der Waals surface area contributed by atoms with Crippen molar-refractivity contribution in [1.82, 2.24) is 5.32 Å². The van der Waals surface area contributed by atoms with Crippen molar-refractivity contribution in [2.24, 2.45) is 0 Å². The third-order valence-electron chi connectivity index (χ3n) is 7.08. The van der Waals surface area contributed by atoms with Crippen LogP contribution in [-0.2, 0) is 20.3 Å². The van der Waals surface area contributed by atoms with Crippen molar-refractivity contribution in [2.45, 2.75) is 103 Å². The maximum Gasteiger partial charge on any atom is 0.469 e. The van der Waals surface area contributed by atoms with Gasteiger partial charge < -0.3 is 19.8 Å². The summed E-state index contributed by atoms with van der Waals surface area (Å²) in [4.78, 5) is 30.9. The molecule has 8 heteroatoms. The molecule has 41 heavy (non-hydrogen) atoms. The zero-order valence-corrected chi connectivity index (χ0v) is 25.8. The second kappa shape index (κ2) is 20.4. The number of nitrogens with one attached hydrogen (secondary N) is 1. The van der Waals surface area contributed by atoms with Crippen molar-refractivity contribution in [3.8, 4) is 16.9 Å². The van der Waals surface area contributed by atoms with Crippen LogP contribution >= 0.6 is 7.82 Å². The number of methoxy groups -OCH3 is 1. The van der Waals surface area contributed by atoms with Crippen LogP contribution in [0.3, 0.4) is 0 Å². The predicted molar refractivity (Wildman–Crippen MR) is 167 cm³/mol. The molecular formula is C33H50NO6P. The number of phosphoric ester groups is 1. The van der Waals surface area contributed by atoms with Gasteiger partial charge in [-0.1, -0.05) is 100 Å². The van der Waals surface area contributed by atoms with Crippen molar-refractivity contribution in [2.75, 3.05) is 13.7 Å². The molecule has 0 unspecified atom stereocenters. The fourth-order valence-electron chi connectivity index (χ4n) is 4.72. The van der Waals surface area contributed by atoms with Crippen LogP contribution in [0.2, 0.25) is 0 Å². The monoisotopic (exact) mass is 587 g/mol. The fourth-order valence-corrected chi connectivity index (χ4v) is 5.09. The fraction of sp³-hybridized carbons (Fsp3) is 0.545. The van der Waals surface area contributed by atoms with E-state index in [1.54, 1.807) is 7.11 Å². The average molecular weight is 588 g/mol. The molecule has 0 aliphatic rings. The highest BCUT2D eigenvalue weighted by Crippen LogP contribution is 2.36. The molecule has 0 bridgehead atoms. The molecule has 0 saturated carbocycles. The lowest BCUT2D eigenvalue weighted by Gasteiger charge is -2.19. The topological polar surface area (TPSA) is 105 Å². The Morgan fingerprint density at radius 2 is 1.37 bits per heavy atom. The van der Waals surface area contributed by atoms with Crippen molar-refractivity contribution < 1.29 is 28.4 Å². The van der Waals surface area contributed by atoms with Crippen molar-refractivity contribution in [1.29, 1.82) is 0 Å². The minimum Gasteiger partial charge on any atom is -0.497 e. The van der Waals surface area contributed by atoms with Crippen LogP contribution in [0.1, 0.15) is 96.0 Å². The molecule has 0 saturated heterocycles. The van der Waals surface area contributed by atoms with Crippen LogP contribution in [0.25, 0.3) is 11.1 Å². The van der Waals surface area contributed by atoms with Crippen LogP contribution in [0, 0.1) is 0 Å². The van der Waals surface area contributed by atoms with E-state index in [1.165, 1.54) is 44.9 Å². The van der Waals surface area contributed by atoms with Crippen molar-refractivity contribution in [3.63, 3.8) is 0 Å². The lowest BCUT2D eigenvalue weighted by molar-refractivity contribution is -0.122. The molecule has 0 aliphatic heterocycles. The first-order chi connectivity index (χ1) is 19.8. The summed E-state index contributed by atoms with van der Waals surface area (Å²) in [6.45, 7) is 1.98. The van der Waals surface area contributed by atoms with E-state index in [1.807, 2.05) is 48.5 Å². The second-order valence-corrected chi connectivity index (χ2v) is 11.9. The molecule has 7 nitrogen and oxygen atoms in total. The minimum atomic E-state index is -4.64. The summed E-state index contributed by atoms with van der Waals surface area (Å²) < 4.78 is 21.2. The first kappa shape index (κ1) is 34.8. The number of allylic oxidation sites excluding steroid dienone is 2. The molecule has 0 aromatic heterocycles. The predicted octanol–water partition coefficient (Wildman–Crippen LogP) is 8.15. The molecule has 228 valence electrons. The maximum atomic E-state index is 12.6. The number of carbonyl (C=O) groups is 1. The van der Waals surface area contributed by atoms with Crippen molar-refractivity contribution >= 4 is 13.7 Å². The van der Waals surface area contributed by atoms with E-state index in [0.29, 0.717) is 12.8 Å². The molecule has 2 rings (SSSR count). The lowest BCUT2D eigenvalue weighted by Crippen LogP contribution is -2.39. The van der Waals surface area contributed by atoms with Gasteiger partial charge in [-0.05, 0) is 67.3 Å². The Bertz CT molecular complexity index is 1050. The Hall–Kier alpha value is -2.44. The summed E-state index contributed by atoms with van der Waals surface area (Å²) in [5.41, 5.74) is 3.03. The summed E-state index contributed by atoms with van der Waals surface area (Å²) in [6, 6.07) is 15.1. The normalized spacial score (nSPS) is 12.5. The van der Waals surface area contributed by atoms with E-state index in [4.69, 9.17) is 9.26 Å². The Morgan fingerprint density at radius 1 is 0.829 bits per heavy atom. The standard InChI is InChI=1S/C33H50NO6P/c1-3-4-5-6-7-8-9-10-11-12-13-14-15-16-17-33(35)34-31(27-40-41(36,37)38)26-28-18-20-29(21-19-28)30-22-24-32(39-2)25-23-30/h10-11,18-25,31H,3-9,12-17,26-27H2,1-2H3,(H,34,35)(H2,36,37,38)/b11-10-/t31-/m0/s1. The third-order valence-corrected chi connectivity index (χ3v) is 7.57. The van der Waals surface area contributed by atoms with Gasteiger partial charge in [0.15, 0.2) is 0 Å². The number of unbranched alkanes of at least 4 members (excludes halogenated alkanes) is 10. The highest BCUT2D eigenvalue weighted by Gasteiger charge is 2.20. The number of ether oxygens (including phenoxy) is 1. The van der Waals surface area contributed by atoms with Gasteiger partial charge in [-0.25, -0.2) is 4.57 Å². The van der Waals surface area contributed by atoms with Crippen molar-refractivity contribution in [3.05, 3.63) is 66.2 Å². The molecule has 0 fully saturated rings. The smallest absolute Gasteiger partial charge is 0.469 e. The van der Waals surface area contributed by atoms with Crippen LogP contribution in [-0.4, -0.2) is 35.5 Å². The Kier molecular flexibility index (Phi) is 17.3. The van der Waals surface area contributed by atoms with Gasteiger partial charge in [0.2, 0.25) is 5.91 Å². The van der Waals surface area contributed by atoms with E-state index in [0.717, 1.165) is 54.5 Å². The molecule has 1 atom stereocenters. The first-order valence-electron chi connectivity index (χ1n) is 15.2. The molecule has 2 aromatic carbocycles. The molecule has 0 heterocycles. The number of rotatable bonds is 22. The highest BCUT2D eigenvalue weighted by atomic mass is 31.2. The molecule has 0 aliphatic carbocycles. The number of hydrogen-bond donors (Lipinski definition) is 3. The van der Waals surface area contributed by atoms with E-state index in [2.05, 4.69) is 24.4 Å². The zero-order valence-electron chi connectivity index (χ0n) is 24.9. The van der Waals surface area contributed by atoms with Gasteiger partial charge in [-0.15, -0.1) is 0 Å². The number of amides is 1. The van der Waals surface area contributed by atoms with E-state index < -0.39 is 13.9 Å².